The Labute approximate surface area is 874 Å². The number of nitrogens with zero attached hydrogens (tertiary/aromatic N) is 7. The normalized spacial score (nSPS) is 14.0. The minimum Gasteiger partial charge on any atom is -0.495 e. The maximum Gasteiger partial charge on any atom is 0.328 e. The minimum atomic E-state index is -1.45. The lowest BCUT2D eigenvalue weighted by atomic mass is 9.71. The highest BCUT2D eigenvalue weighted by molar-refractivity contribution is 6.09. The van der Waals surface area contributed by atoms with Gasteiger partial charge in [-0.1, -0.05) is 121 Å². The Hall–Kier alpha value is -10.7. The molecule has 4 aromatic carbocycles. The number of ether oxygens (including phenoxy) is 13. The lowest BCUT2D eigenvalue weighted by Crippen LogP contribution is -2.50. The van der Waals surface area contributed by atoms with Crippen molar-refractivity contribution in [3.8, 4) is 28.3 Å². The van der Waals surface area contributed by atoms with Crippen LogP contribution in [0.1, 0.15) is 225 Å². The first-order valence-corrected chi connectivity index (χ1v) is 53.1. The summed E-state index contributed by atoms with van der Waals surface area (Å²) in [6, 6.07) is 19.6. The van der Waals surface area contributed by atoms with E-state index in [0.29, 0.717) is 210 Å². The van der Waals surface area contributed by atoms with E-state index in [0.717, 1.165) is 137 Å². The van der Waals surface area contributed by atoms with Gasteiger partial charge in [-0.05, 0) is 168 Å². The number of aromatic nitrogens is 3. The first kappa shape index (κ1) is 122. The number of fused-ring (bicyclic) bond motifs is 1. The number of aliphatic hydroxyl groups is 1. The molecular formula is C109H160F2N12O26. The van der Waals surface area contributed by atoms with Crippen LogP contribution in [-0.4, -0.2) is 342 Å². The number of unbranched alkanes of at least 4 members (excludes halogenated alkanes) is 14. The Balaban J connectivity index is 0.546. The standard InChI is InChI=1S/C109H160F2N12O26/c1-6-7-8-9-10-11-15-18-21-42-121(100(128)22-19-16-13-12-14-17-20-23-101(129)130)92(106(133)134)31-33-96(124)112-41-50-139-52-54-141-56-58-143-60-62-145-64-66-147-68-70-149-72-71-148-69-67-146-65-63-144-61-59-142-57-55-140-53-51-138-49-36-97(125)113-78-99(127)116-80-123(105(132)87-30-29-85(74-90(87)111)108(3,4)136)93-76-86(110)75-88(81(93)2)102-89-77-91(117-103(89)115-79-114-102)83-26-24-82(25-27-83)34-43-119-45-37-109(38-46-119)39-47-120(48-40-109)104(131)84-28-32-95(137-5)94(73-84)122-44-35-98(126)118-107(122)135/h24-30,32,73-77,79,92,136H,6-23,31,33-72,78,80H2,1-5H3,(H,112,124)(H,113,125)(H,116,127)(H,129,130)(H,133,134)(H,114,115,117)(H,118,126,135). The molecule has 3 aliphatic rings. The first-order valence-electron chi connectivity index (χ1n) is 53.1. The third kappa shape index (κ3) is 44.6. The van der Waals surface area contributed by atoms with Crippen LogP contribution in [0.4, 0.5) is 25.0 Å². The molecule has 1 unspecified atom stereocenters. The lowest BCUT2D eigenvalue weighted by Gasteiger charge is -2.47. The number of H-pyrrole nitrogens is 1. The van der Waals surface area contributed by atoms with Crippen molar-refractivity contribution in [1.82, 2.24) is 50.9 Å². The van der Waals surface area contributed by atoms with E-state index < -0.39 is 77.7 Å². The second-order valence-electron chi connectivity index (χ2n) is 38.1. The summed E-state index contributed by atoms with van der Waals surface area (Å²) >= 11 is 0. The number of carboxylic acids is 2. The van der Waals surface area contributed by atoms with Gasteiger partial charge in [-0.2, -0.15) is 0 Å². The molecule has 0 radical (unpaired) electrons. The molecule has 0 bridgehead atoms. The number of carbonyl (C=O) groups is 10. The van der Waals surface area contributed by atoms with Crippen LogP contribution < -0.4 is 35.8 Å². The molecule has 0 saturated carbocycles. The summed E-state index contributed by atoms with van der Waals surface area (Å²) in [5, 5.41) is 40.6. The molecule has 5 heterocycles. The number of methoxy groups -OCH3 is 1. The Morgan fingerprint density at radius 2 is 1.07 bits per heavy atom. The van der Waals surface area contributed by atoms with Crippen LogP contribution in [0.15, 0.2) is 85.2 Å². The van der Waals surface area contributed by atoms with Gasteiger partial charge in [0.2, 0.25) is 29.5 Å². The molecule has 6 aromatic rings. The predicted octanol–water partition coefficient (Wildman–Crippen LogP) is 12.9. The van der Waals surface area contributed by atoms with Crippen molar-refractivity contribution in [2.45, 2.75) is 213 Å². The average molecular weight is 2090 g/mol. The van der Waals surface area contributed by atoms with Crippen molar-refractivity contribution >= 4 is 81.7 Å². The van der Waals surface area contributed by atoms with E-state index in [1.54, 1.807) is 25.1 Å². The Bertz CT molecular complexity index is 5030. The average Bonchev–Trinajstić information content (AvgIpc) is 1.74. The molecule has 8 N–H and O–H groups in total. The number of anilines is 2. The summed E-state index contributed by atoms with van der Waals surface area (Å²) in [6.07, 6.45) is 22.2. The third-order valence-electron chi connectivity index (χ3n) is 26.7. The zero-order valence-electron chi connectivity index (χ0n) is 87.9. The van der Waals surface area contributed by atoms with Gasteiger partial charge >= 0.3 is 18.0 Å². The van der Waals surface area contributed by atoms with Crippen LogP contribution in [0, 0.1) is 24.0 Å². The van der Waals surface area contributed by atoms with Crippen LogP contribution in [0.3, 0.4) is 0 Å². The molecule has 826 valence electrons. The Morgan fingerprint density at radius 1 is 0.550 bits per heavy atom. The van der Waals surface area contributed by atoms with E-state index in [1.807, 2.05) is 23.1 Å². The zero-order valence-corrected chi connectivity index (χ0v) is 87.9. The van der Waals surface area contributed by atoms with Gasteiger partial charge in [0.15, 0.2) is 0 Å². The van der Waals surface area contributed by atoms with E-state index in [2.05, 4.69) is 60.2 Å². The molecule has 3 saturated heterocycles. The van der Waals surface area contributed by atoms with Gasteiger partial charge in [0.05, 0.1) is 207 Å². The fourth-order valence-electron chi connectivity index (χ4n) is 17.9. The van der Waals surface area contributed by atoms with Crippen molar-refractivity contribution in [1.29, 1.82) is 0 Å². The Morgan fingerprint density at radius 3 is 1.60 bits per heavy atom. The third-order valence-corrected chi connectivity index (χ3v) is 26.7. The van der Waals surface area contributed by atoms with Gasteiger partial charge in [0, 0.05) is 93.6 Å². The van der Waals surface area contributed by atoms with Crippen molar-refractivity contribution in [2.75, 3.05) is 241 Å². The van der Waals surface area contributed by atoms with E-state index in [9.17, 15) is 58.2 Å². The minimum absolute atomic E-state index is 0.0136. The highest BCUT2D eigenvalue weighted by Gasteiger charge is 2.40. The number of imide groups is 1. The summed E-state index contributed by atoms with van der Waals surface area (Å²) < 4.78 is 105. The number of nitrogens with one attached hydrogen (secondary N) is 5. The van der Waals surface area contributed by atoms with Gasteiger partial charge in [0.25, 0.3) is 11.8 Å². The number of rotatable bonds is 79. The number of carboxylic acid groups (broad SMARTS) is 2. The van der Waals surface area contributed by atoms with Gasteiger partial charge < -0.3 is 113 Å². The second-order valence-corrected chi connectivity index (χ2v) is 38.1. The number of likely N-dealkylation sites (tertiary alicyclic amines) is 2. The van der Waals surface area contributed by atoms with Crippen LogP contribution in [-0.2, 0) is 102 Å². The number of piperidine rings is 2. The molecule has 2 aromatic heterocycles. The molecule has 9 rings (SSSR count). The highest BCUT2D eigenvalue weighted by atomic mass is 19.1. The van der Waals surface area contributed by atoms with Crippen molar-refractivity contribution < 1.29 is 134 Å². The number of carbonyl (C=O) groups excluding carboxylic acids is 8. The van der Waals surface area contributed by atoms with E-state index in [4.69, 9.17) is 66.7 Å². The highest BCUT2D eigenvalue weighted by Crippen LogP contribution is 2.43. The van der Waals surface area contributed by atoms with Crippen LogP contribution in [0.5, 0.6) is 5.75 Å². The summed E-state index contributed by atoms with van der Waals surface area (Å²) in [7, 11) is 1.50. The van der Waals surface area contributed by atoms with E-state index in [1.165, 1.54) is 87.4 Å². The maximum atomic E-state index is 16.3. The SMILES string of the molecule is CCCCCCCCCCCN(C(=O)CCCCCCCCCC(=O)O)C(CCC(=O)NCCOCCOCCOCCOCCOCCOCCOCCOCCOCCOCCOCCOCCC(=O)NCC(=O)NCN(C(=O)c1ccc(C(C)(C)O)cc1F)c1cc(F)cc(-c2ncnc3[nH]c(-c4ccc(CCN5CCC6(CC5)CCN(C(=O)c5ccc(OC)c(N7CCC(=O)NC7=O)c5)CC6)cc4)cc23)c1C)C(=O)O. The summed E-state index contributed by atoms with van der Waals surface area (Å²) in [6.45, 7) is 18.8. The number of aliphatic carboxylic acids is 2. The molecular weight excluding hydrogens is 1930 g/mol. The number of aromatic amines is 1. The predicted molar refractivity (Wildman–Crippen MR) is 556 cm³/mol. The molecule has 38 nitrogen and oxygen atoms in total. The summed E-state index contributed by atoms with van der Waals surface area (Å²) in [4.78, 5) is 150. The number of benzene rings is 4. The largest absolute Gasteiger partial charge is 0.495 e. The van der Waals surface area contributed by atoms with E-state index >= 15 is 8.78 Å². The van der Waals surface area contributed by atoms with Crippen LogP contribution in [0.25, 0.3) is 33.5 Å². The summed E-state index contributed by atoms with van der Waals surface area (Å²) in [5.41, 5.74) is 3.53. The quantitative estimate of drug-likeness (QED) is 0.0130. The second kappa shape index (κ2) is 69.0. The summed E-state index contributed by atoms with van der Waals surface area (Å²) in [5.74, 6) is -6.30. The lowest BCUT2D eigenvalue weighted by molar-refractivity contribution is -0.151. The molecule has 1 atom stereocenters. The smallest absolute Gasteiger partial charge is 0.328 e. The number of urea groups is 1. The molecule has 1 spiro atoms. The van der Waals surface area contributed by atoms with Crippen molar-refractivity contribution in [2.24, 2.45) is 5.41 Å². The molecule has 40 heteroatoms. The number of hydrogen-bond donors (Lipinski definition) is 8. The first-order chi connectivity index (χ1) is 72.2. The van der Waals surface area contributed by atoms with Gasteiger partial charge in [0.1, 0.15) is 35.4 Å². The zero-order chi connectivity index (χ0) is 107. The molecule has 9 amide bonds. The van der Waals surface area contributed by atoms with E-state index in [-0.39, 0.29) is 124 Å². The van der Waals surface area contributed by atoms with Crippen molar-refractivity contribution in [3.05, 3.63) is 125 Å². The molecule has 3 aliphatic heterocycles. The van der Waals surface area contributed by atoms with Crippen LogP contribution >= 0.6 is 0 Å². The topological polar surface area (TPSA) is 457 Å². The maximum absolute atomic E-state index is 16.3. The number of amides is 9. The Kier molecular flexibility index (Phi) is 56.4. The fraction of sp³-hybridized carbons (Fsp3) is 0.633. The van der Waals surface area contributed by atoms with Gasteiger partial charge in [-0.25, -0.2) is 28.3 Å². The monoisotopic (exact) mass is 2090 g/mol. The van der Waals surface area contributed by atoms with Gasteiger partial charge in [-0.15, -0.1) is 0 Å². The van der Waals surface area contributed by atoms with Crippen LogP contribution in [0.2, 0.25) is 0 Å². The fourth-order valence-corrected chi connectivity index (χ4v) is 17.9. The molecule has 149 heavy (non-hydrogen) atoms. The molecule has 0 aliphatic carbocycles. The number of hydrogen-bond acceptors (Lipinski definition) is 27. The van der Waals surface area contributed by atoms with Gasteiger partial charge in [-0.3, -0.25) is 53.5 Å². The number of halogens is 2. The molecule has 3 fully saturated rings. The van der Waals surface area contributed by atoms with Crippen molar-refractivity contribution in [3.63, 3.8) is 0 Å².